The second-order valence-corrected chi connectivity index (χ2v) is 16.6. The van der Waals surface area contributed by atoms with Gasteiger partial charge in [0.05, 0.1) is 39.2 Å². The first-order chi connectivity index (χ1) is 30.2. The lowest BCUT2D eigenvalue weighted by atomic mass is 9.80. The van der Waals surface area contributed by atoms with Gasteiger partial charge < -0.3 is 28.1 Å². The van der Waals surface area contributed by atoms with Crippen molar-refractivity contribution in [1.82, 2.24) is 24.3 Å². The third-order valence-corrected chi connectivity index (χ3v) is 12.6. The Morgan fingerprint density at radius 2 is 1.48 bits per heavy atom. The van der Waals surface area contributed by atoms with Gasteiger partial charge in [-0.1, -0.05) is 84.9 Å². The average Bonchev–Trinajstić information content (AvgIpc) is 3.92. The van der Waals surface area contributed by atoms with Crippen LogP contribution in [0.25, 0.3) is 5.65 Å². The molecule has 1 aliphatic heterocycles. The zero-order valence-electron chi connectivity index (χ0n) is 36.1. The van der Waals surface area contributed by atoms with Crippen molar-refractivity contribution in [3.63, 3.8) is 0 Å². The molecule has 14 nitrogen and oxygen atoms in total. The van der Waals surface area contributed by atoms with Crippen molar-refractivity contribution in [2.24, 2.45) is 5.16 Å². The van der Waals surface area contributed by atoms with Gasteiger partial charge in [0.25, 0.3) is 5.91 Å². The number of rotatable bonds is 19. The van der Waals surface area contributed by atoms with Crippen LogP contribution in [0.5, 0.6) is 11.5 Å². The maximum Gasteiger partial charge on any atom is 0.347 e. The quantitative estimate of drug-likeness (QED) is 0.0360. The van der Waals surface area contributed by atoms with Crippen LogP contribution < -0.4 is 14.8 Å². The summed E-state index contributed by atoms with van der Waals surface area (Å²) in [6, 6.07) is 35.1. The van der Waals surface area contributed by atoms with Gasteiger partial charge in [-0.25, -0.2) is 14.6 Å². The van der Waals surface area contributed by atoms with Crippen molar-refractivity contribution in [2.45, 2.75) is 83.5 Å². The van der Waals surface area contributed by atoms with Gasteiger partial charge in [0, 0.05) is 35.8 Å². The summed E-state index contributed by atoms with van der Waals surface area (Å²) < 4.78 is 42.5. The number of carbonyl (C=O) groups excluding carboxylic acids is 1. The SMILES string of the molecule is CC/C=N/OP(OC1CC(c2cnn3c(NC(=O)c4ccccc4)ncnc23)OC1COC(c1ccccc1)(c1ccc(OC)cc1)c1ccc(OC)cc1)N(C(C)C)C(C)C. The van der Waals surface area contributed by atoms with Gasteiger partial charge in [0.2, 0.25) is 5.95 Å². The van der Waals surface area contributed by atoms with E-state index in [0.29, 0.717) is 29.6 Å². The van der Waals surface area contributed by atoms with Crippen LogP contribution in [0.1, 0.15) is 86.2 Å². The fraction of sp³-hybridized carbons (Fsp3) is 0.340. The van der Waals surface area contributed by atoms with E-state index in [1.165, 1.54) is 10.8 Å². The summed E-state index contributed by atoms with van der Waals surface area (Å²) in [5.41, 5.74) is 3.26. The van der Waals surface area contributed by atoms with E-state index in [9.17, 15) is 4.79 Å². The molecule has 1 amide bonds. The Kier molecular flexibility index (Phi) is 14.6. The number of methoxy groups -OCH3 is 2. The van der Waals surface area contributed by atoms with Crippen molar-refractivity contribution >= 4 is 32.2 Å². The minimum atomic E-state index is -1.70. The summed E-state index contributed by atoms with van der Waals surface area (Å²) in [6.07, 6.45) is 4.29. The zero-order valence-corrected chi connectivity index (χ0v) is 37.0. The number of benzene rings is 4. The number of aromatic nitrogens is 4. The number of anilines is 1. The molecule has 4 aromatic carbocycles. The van der Waals surface area contributed by atoms with E-state index >= 15 is 0 Å². The summed E-state index contributed by atoms with van der Waals surface area (Å²) in [7, 11) is 1.59. The van der Waals surface area contributed by atoms with E-state index in [1.54, 1.807) is 50.9 Å². The highest BCUT2D eigenvalue weighted by Crippen LogP contribution is 2.51. The molecule has 0 aliphatic carbocycles. The molecule has 1 aliphatic rings. The molecule has 0 bridgehead atoms. The standard InChI is InChI=1S/C47H54N7O7P/c1-8-27-51-61-62(54(32(2)3)33(4)5)60-42-28-41(40-29-50-53-44(40)48-31-49-46(53)52-45(55)34-15-11-9-12-16-34)59-43(42)30-58-47(35-17-13-10-14-18-35,36-19-23-38(56-6)24-20-36)37-21-25-39(57-7)26-22-37/h9-27,29,31-33,41-43H,8,28,30H2,1-7H3,(H,48,49,52,55)/b51-27+. The molecule has 0 saturated carbocycles. The maximum absolute atomic E-state index is 13.2. The van der Waals surface area contributed by atoms with Crippen LogP contribution in [0.15, 0.2) is 127 Å². The topological polar surface area (TPSA) is 143 Å². The Labute approximate surface area is 364 Å². The molecule has 0 radical (unpaired) electrons. The molecule has 62 heavy (non-hydrogen) atoms. The molecular formula is C47H54N7O7P. The van der Waals surface area contributed by atoms with Crippen molar-refractivity contribution in [1.29, 1.82) is 0 Å². The molecule has 4 atom stereocenters. The van der Waals surface area contributed by atoms with Gasteiger partial charge in [-0.3, -0.25) is 10.1 Å². The fourth-order valence-corrected chi connectivity index (χ4v) is 9.30. The summed E-state index contributed by atoms with van der Waals surface area (Å²) in [5, 5.41) is 11.8. The second kappa shape index (κ2) is 20.4. The largest absolute Gasteiger partial charge is 0.497 e. The number of oxime groups is 1. The average molecular weight is 860 g/mol. The zero-order chi connectivity index (χ0) is 43.6. The molecule has 3 heterocycles. The van der Waals surface area contributed by atoms with E-state index in [4.69, 9.17) is 28.1 Å². The van der Waals surface area contributed by atoms with Crippen LogP contribution in [0.4, 0.5) is 5.95 Å². The van der Waals surface area contributed by atoms with Crippen molar-refractivity contribution in [3.8, 4) is 11.5 Å². The lowest BCUT2D eigenvalue weighted by molar-refractivity contribution is -0.0805. The minimum absolute atomic E-state index is 0.0856. The molecule has 0 spiro atoms. The number of nitrogens with one attached hydrogen (secondary N) is 1. The highest BCUT2D eigenvalue weighted by molar-refractivity contribution is 7.44. The Morgan fingerprint density at radius 3 is 2.06 bits per heavy atom. The van der Waals surface area contributed by atoms with Crippen molar-refractivity contribution in [2.75, 3.05) is 26.1 Å². The molecule has 7 rings (SSSR count). The lowest BCUT2D eigenvalue weighted by Gasteiger charge is -2.38. The van der Waals surface area contributed by atoms with Crippen LogP contribution >= 0.6 is 8.53 Å². The number of ether oxygens (including phenoxy) is 4. The Balaban J connectivity index is 1.29. The number of fused-ring (bicyclic) bond motifs is 1. The van der Waals surface area contributed by atoms with Gasteiger partial charge >= 0.3 is 8.53 Å². The van der Waals surface area contributed by atoms with Gasteiger partial charge in [0.15, 0.2) is 5.65 Å². The number of carbonyl (C=O) groups is 1. The van der Waals surface area contributed by atoms with Crippen LogP contribution in [0, 0.1) is 0 Å². The number of hydrogen-bond acceptors (Lipinski definition) is 12. The number of nitrogens with zero attached hydrogens (tertiary/aromatic N) is 6. The first kappa shape index (κ1) is 44.3. The Morgan fingerprint density at radius 1 is 0.887 bits per heavy atom. The molecule has 1 fully saturated rings. The van der Waals surface area contributed by atoms with Crippen LogP contribution in [0.2, 0.25) is 0 Å². The third-order valence-electron chi connectivity index (χ3n) is 10.6. The first-order valence-electron chi connectivity index (χ1n) is 20.8. The summed E-state index contributed by atoms with van der Waals surface area (Å²) in [4.78, 5) is 22.1. The van der Waals surface area contributed by atoms with E-state index in [-0.39, 0.29) is 30.5 Å². The smallest absolute Gasteiger partial charge is 0.347 e. The molecule has 4 unspecified atom stereocenters. The second-order valence-electron chi connectivity index (χ2n) is 15.3. The fourth-order valence-electron chi connectivity index (χ4n) is 7.72. The molecule has 1 N–H and O–H groups in total. The van der Waals surface area contributed by atoms with E-state index in [1.807, 2.05) is 79.7 Å². The minimum Gasteiger partial charge on any atom is -0.497 e. The van der Waals surface area contributed by atoms with E-state index in [2.05, 4.69) is 70.0 Å². The monoisotopic (exact) mass is 859 g/mol. The highest BCUT2D eigenvalue weighted by atomic mass is 31.2. The van der Waals surface area contributed by atoms with Gasteiger partial charge in [0.1, 0.15) is 29.5 Å². The predicted octanol–water partition coefficient (Wildman–Crippen LogP) is 9.38. The summed E-state index contributed by atoms with van der Waals surface area (Å²) in [5.74, 6) is 1.35. The molecule has 15 heteroatoms. The Bertz CT molecular complexity index is 2330. The predicted molar refractivity (Wildman–Crippen MR) is 239 cm³/mol. The molecular weight excluding hydrogens is 806 g/mol. The van der Waals surface area contributed by atoms with Crippen molar-refractivity contribution in [3.05, 3.63) is 150 Å². The number of hydrogen-bond donors (Lipinski definition) is 1. The van der Waals surface area contributed by atoms with Gasteiger partial charge in [-0.2, -0.15) is 9.61 Å². The van der Waals surface area contributed by atoms with Gasteiger partial charge in [-0.15, -0.1) is 0 Å². The molecule has 2 aromatic heterocycles. The van der Waals surface area contributed by atoms with E-state index in [0.717, 1.165) is 28.2 Å². The number of amides is 1. The third kappa shape index (κ3) is 9.65. The molecule has 1 saturated heterocycles. The summed E-state index contributed by atoms with van der Waals surface area (Å²) >= 11 is 0. The van der Waals surface area contributed by atoms with Crippen LogP contribution in [-0.2, 0) is 24.2 Å². The summed E-state index contributed by atoms with van der Waals surface area (Å²) in [6.45, 7) is 10.6. The lowest BCUT2D eigenvalue weighted by Crippen LogP contribution is -2.39. The first-order valence-corrected chi connectivity index (χ1v) is 21.9. The normalized spacial score (nSPS) is 17.3. The van der Waals surface area contributed by atoms with Crippen LogP contribution in [-0.4, -0.2) is 81.5 Å². The Hall–Kier alpha value is -5.76. The van der Waals surface area contributed by atoms with Crippen molar-refractivity contribution < 1.29 is 32.9 Å². The van der Waals surface area contributed by atoms with Gasteiger partial charge in [-0.05, 0) is 87.2 Å². The molecule has 324 valence electrons. The maximum atomic E-state index is 13.2. The molecule has 6 aromatic rings. The highest BCUT2D eigenvalue weighted by Gasteiger charge is 2.46. The van der Waals surface area contributed by atoms with E-state index < -0.39 is 32.4 Å². The van der Waals surface area contributed by atoms with Crippen LogP contribution in [0.3, 0.4) is 0 Å².